The SMILES string of the molecule is Cc1cc(N2CC(C)N(C)C(C)C2)cc(C(=O)O)c1N. The fraction of sp³-hybridized carbons (Fsp3) is 0.533. The lowest BCUT2D eigenvalue weighted by atomic mass is 10.0. The van der Waals surface area contributed by atoms with Crippen molar-refractivity contribution in [3.63, 3.8) is 0 Å². The van der Waals surface area contributed by atoms with E-state index in [1.165, 1.54) is 0 Å². The molecule has 2 unspecified atom stereocenters. The number of piperazine rings is 1. The molecule has 5 nitrogen and oxygen atoms in total. The number of anilines is 2. The third-order valence-electron chi connectivity index (χ3n) is 4.33. The minimum absolute atomic E-state index is 0.194. The Morgan fingerprint density at radius 2 is 1.85 bits per heavy atom. The highest BCUT2D eigenvalue weighted by atomic mass is 16.4. The van der Waals surface area contributed by atoms with Crippen LogP contribution in [0.3, 0.4) is 0 Å². The molecule has 3 N–H and O–H groups in total. The Hall–Kier alpha value is -1.75. The molecular formula is C15H23N3O2. The van der Waals surface area contributed by atoms with E-state index >= 15 is 0 Å². The van der Waals surface area contributed by atoms with Gasteiger partial charge in [-0.1, -0.05) is 0 Å². The Kier molecular flexibility index (Phi) is 3.90. The summed E-state index contributed by atoms with van der Waals surface area (Å²) in [6.07, 6.45) is 0. The molecule has 20 heavy (non-hydrogen) atoms. The van der Waals surface area contributed by atoms with Crippen molar-refractivity contribution in [3.8, 4) is 0 Å². The van der Waals surface area contributed by atoms with Crippen molar-refractivity contribution in [1.29, 1.82) is 0 Å². The molecule has 0 aliphatic carbocycles. The lowest BCUT2D eigenvalue weighted by Crippen LogP contribution is -2.55. The Balaban J connectivity index is 2.36. The fourth-order valence-electron chi connectivity index (χ4n) is 2.75. The summed E-state index contributed by atoms with van der Waals surface area (Å²) in [6, 6.07) is 4.54. The van der Waals surface area contributed by atoms with Crippen LogP contribution in [0.4, 0.5) is 11.4 Å². The molecule has 0 spiro atoms. The molecule has 1 saturated heterocycles. The van der Waals surface area contributed by atoms with E-state index in [0.29, 0.717) is 17.8 Å². The molecule has 0 aromatic heterocycles. The zero-order chi connectivity index (χ0) is 15.0. The van der Waals surface area contributed by atoms with Crippen LogP contribution in [0, 0.1) is 6.92 Å². The monoisotopic (exact) mass is 277 g/mol. The molecule has 1 aliphatic heterocycles. The molecule has 110 valence electrons. The van der Waals surface area contributed by atoms with Crippen LogP contribution in [-0.2, 0) is 0 Å². The molecule has 0 radical (unpaired) electrons. The number of carbonyl (C=O) groups is 1. The van der Waals surface area contributed by atoms with Crippen LogP contribution in [0.25, 0.3) is 0 Å². The first-order valence-electron chi connectivity index (χ1n) is 6.91. The van der Waals surface area contributed by atoms with Crippen LogP contribution >= 0.6 is 0 Å². The number of rotatable bonds is 2. The standard InChI is InChI=1S/C15H23N3O2/c1-9-5-12(6-13(14(9)16)15(19)20)18-7-10(2)17(4)11(3)8-18/h5-6,10-11H,7-8,16H2,1-4H3,(H,19,20). The van der Waals surface area contributed by atoms with Gasteiger partial charge in [0, 0.05) is 36.5 Å². The van der Waals surface area contributed by atoms with Crippen LogP contribution in [0.2, 0.25) is 0 Å². The summed E-state index contributed by atoms with van der Waals surface area (Å²) < 4.78 is 0. The Morgan fingerprint density at radius 1 is 1.30 bits per heavy atom. The molecule has 2 atom stereocenters. The number of likely N-dealkylation sites (N-methyl/N-ethyl adjacent to an activating group) is 1. The molecule has 5 heteroatoms. The summed E-state index contributed by atoms with van der Waals surface area (Å²) in [7, 11) is 2.13. The summed E-state index contributed by atoms with van der Waals surface area (Å²) in [5.41, 5.74) is 8.17. The summed E-state index contributed by atoms with van der Waals surface area (Å²) in [4.78, 5) is 15.9. The third-order valence-corrected chi connectivity index (χ3v) is 4.33. The van der Waals surface area contributed by atoms with Crippen LogP contribution in [-0.4, -0.2) is 48.2 Å². The topological polar surface area (TPSA) is 69.8 Å². The van der Waals surface area contributed by atoms with E-state index in [0.717, 1.165) is 24.3 Å². The van der Waals surface area contributed by atoms with E-state index in [4.69, 9.17) is 5.73 Å². The van der Waals surface area contributed by atoms with Gasteiger partial charge < -0.3 is 15.7 Å². The van der Waals surface area contributed by atoms with Gasteiger partial charge in [0.05, 0.1) is 5.56 Å². The quantitative estimate of drug-likeness (QED) is 0.807. The zero-order valence-electron chi connectivity index (χ0n) is 12.6. The average Bonchev–Trinajstić information content (AvgIpc) is 2.38. The second kappa shape index (κ2) is 5.32. The number of nitrogens with zero attached hydrogens (tertiary/aromatic N) is 2. The highest BCUT2D eigenvalue weighted by Gasteiger charge is 2.27. The van der Waals surface area contributed by atoms with E-state index in [-0.39, 0.29) is 5.56 Å². The van der Waals surface area contributed by atoms with Gasteiger partial charge in [0.25, 0.3) is 0 Å². The fourth-order valence-corrected chi connectivity index (χ4v) is 2.75. The molecular weight excluding hydrogens is 254 g/mol. The zero-order valence-corrected chi connectivity index (χ0v) is 12.6. The molecule has 1 aliphatic rings. The van der Waals surface area contributed by atoms with Gasteiger partial charge in [-0.3, -0.25) is 4.90 Å². The summed E-state index contributed by atoms with van der Waals surface area (Å²) in [6.45, 7) is 8.01. The molecule has 2 rings (SSSR count). The third kappa shape index (κ3) is 2.58. The van der Waals surface area contributed by atoms with Crippen molar-refractivity contribution in [1.82, 2.24) is 4.90 Å². The van der Waals surface area contributed by atoms with Gasteiger partial charge in [0.15, 0.2) is 0 Å². The largest absolute Gasteiger partial charge is 0.478 e. The molecule has 1 aromatic rings. The normalized spacial score (nSPS) is 23.9. The predicted molar refractivity (Wildman–Crippen MR) is 81.5 cm³/mol. The number of carboxylic acids is 1. The minimum atomic E-state index is -0.970. The van der Waals surface area contributed by atoms with Gasteiger partial charge in [-0.15, -0.1) is 0 Å². The highest BCUT2D eigenvalue weighted by molar-refractivity contribution is 5.95. The van der Waals surface area contributed by atoms with Gasteiger partial charge in [-0.05, 0) is 45.5 Å². The van der Waals surface area contributed by atoms with E-state index in [9.17, 15) is 9.90 Å². The van der Waals surface area contributed by atoms with Crippen molar-refractivity contribution < 1.29 is 9.90 Å². The number of nitrogen functional groups attached to an aromatic ring is 1. The van der Waals surface area contributed by atoms with Gasteiger partial charge in [-0.25, -0.2) is 4.79 Å². The van der Waals surface area contributed by atoms with Crippen LogP contribution in [0.5, 0.6) is 0 Å². The maximum atomic E-state index is 11.3. The lowest BCUT2D eigenvalue weighted by molar-refractivity contribution is 0.0698. The van der Waals surface area contributed by atoms with Gasteiger partial charge in [-0.2, -0.15) is 0 Å². The van der Waals surface area contributed by atoms with E-state index < -0.39 is 5.97 Å². The van der Waals surface area contributed by atoms with E-state index in [1.807, 2.05) is 13.0 Å². The van der Waals surface area contributed by atoms with Crippen LogP contribution in [0.15, 0.2) is 12.1 Å². The molecule has 1 aromatic carbocycles. The Labute approximate surface area is 120 Å². The van der Waals surface area contributed by atoms with Gasteiger partial charge in [0.1, 0.15) is 0 Å². The van der Waals surface area contributed by atoms with Crippen molar-refractivity contribution in [2.24, 2.45) is 0 Å². The van der Waals surface area contributed by atoms with Gasteiger partial charge in [0.2, 0.25) is 0 Å². The van der Waals surface area contributed by atoms with Crippen molar-refractivity contribution in [2.75, 3.05) is 30.8 Å². The second-order valence-corrected chi connectivity index (χ2v) is 5.80. The van der Waals surface area contributed by atoms with E-state index in [2.05, 4.69) is 30.7 Å². The van der Waals surface area contributed by atoms with Crippen molar-refractivity contribution in [3.05, 3.63) is 23.3 Å². The maximum absolute atomic E-state index is 11.3. The molecule has 0 amide bonds. The first-order valence-corrected chi connectivity index (χ1v) is 6.91. The number of nitrogens with two attached hydrogens (primary N) is 1. The molecule has 0 saturated carbocycles. The summed E-state index contributed by atoms with van der Waals surface area (Å²) >= 11 is 0. The summed E-state index contributed by atoms with van der Waals surface area (Å²) in [5.74, 6) is -0.970. The first kappa shape index (κ1) is 14.7. The van der Waals surface area contributed by atoms with Crippen molar-refractivity contribution in [2.45, 2.75) is 32.9 Å². The maximum Gasteiger partial charge on any atom is 0.337 e. The van der Waals surface area contributed by atoms with Gasteiger partial charge >= 0.3 is 5.97 Å². The number of hydrogen-bond donors (Lipinski definition) is 2. The summed E-state index contributed by atoms with van der Waals surface area (Å²) in [5, 5.41) is 9.25. The predicted octanol–water partition coefficient (Wildman–Crippen LogP) is 1.80. The number of aryl methyl sites for hydroxylation is 1. The average molecular weight is 277 g/mol. The minimum Gasteiger partial charge on any atom is -0.478 e. The number of carboxylic acid groups (broad SMARTS) is 1. The highest BCUT2D eigenvalue weighted by Crippen LogP contribution is 2.28. The lowest BCUT2D eigenvalue weighted by Gasteiger charge is -2.43. The Morgan fingerprint density at radius 3 is 2.35 bits per heavy atom. The molecule has 1 heterocycles. The smallest absolute Gasteiger partial charge is 0.337 e. The number of aromatic carboxylic acids is 1. The number of benzene rings is 1. The Bertz CT molecular complexity index is 518. The van der Waals surface area contributed by atoms with Crippen molar-refractivity contribution >= 4 is 17.3 Å². The van der Waals surface area contributed by atoms with Crippen LogP contribution < -0.4 is 10.6 Å². The number of hydrogen-bond acceptors (Lipinski definition) is 4. The second-order valence-electron chi connectivity index (χ2n) is 5.80. The first-order chi connectivity index (χ1) is 9.31. The van der Waals surface area contributed by atoms with E-state index in [1.54, 1.807) is 6.07 Å². The molecule has 0 bridgehead atoms. The van der Waals surface area contributed by atoms with Crippen LogP contribution in [0.1, 0.15) is 29.8 Å². The molecule has 1 fully saturated rings.